The predicted molar refractivity (Wildman–Crippen MR) is 118 cm³/mol. The normalized spacial score (nSPS) is 16.6. The standard InChI is InChI=1S/C18H26N4O2S4/c1-12-10-13(2)15(4)16(14(12)3)28(23,24)21-8-6-20(7-9-21)11-22-18(25)27-17(19-22)26-5/h10H,6-9,11H2,1-5H3. The highest BCUT2D eigenvalue weighted by Crippen LogP contribution is 2.29. The Morgan fingerprint density at radius 1 is 1.11 bits per heavy atom. The number of piperazine rings is 1. The van der Waals surface area contributed by atoms with Crippen LogP contribution in [0.3, 0.4) is 0 Å². The molecule has 1 fully saturated rings. The zero-order valence-electron chi connectivity index (χ0n) is 16.9. The molecule has 0 aliphatic carbocycles. The van der Waals surface area contributed by atoms with Crippen LogP contribution in [0.15, 0.2) is 15.3 Å². The van der Waals surface area contributed by atoms with E-state index in [0.29, 0.717) is 37.7 Å². The zero-order chi connectivity index (χ0) is 20.6. The molecule has 0 spiro atoms. The highest BCUT2D eigenvalue weighted by atomic mass is 32.2. The summed E-state index contributed by atoms with van der Waals surface area (Å²) in [5.41, 5.74) is 3.73. The van der Waals surface area contributed by atoms with Crippen LogP contribution in [-0.2, 0) is 16.7 Å². The van der Waals surface area contributed by atoms with Crippen molar-refractivity contribution in [2.24, 2.45) is 0 Å². The fourth-order valence-electron chi connectivity index (χ4n) is 3.46. The van der Waals surface area contributed by atoms with Gasteiger partial charge in [-0.25, -0.2) is 13.1 Å². The summed E-state index contributed by atoms with van der Waals surface area (Å²) < 4.78 is 31.9. The molecule has 154 valence electrons. The molecular formula is C18H26N4O2S4. The molecule has 6 nitrogen and oxygen atoms in total. The summed E-state index contributed by atoms with van der Waals surface area (Å²) in [5.74, 6) is 0. The Labute approximate surface area is 180 Å². The number of nitrogens with zero attached hydrogens (tertiary/aromatic N) is 4. The van der Waals surface area contributed by atoms with Gasteiger partial charge >= 0.3 is 0 Å². The van der Waals surface area contributed by atoms with Crippen LogP contribution in [0.4, 0.5) is 0 Å². The van der Waals surface area contributed by atoms with Crippen molar-refractivity contribution in [3.05, 3.63) is 32.3 Å². The van der Waals surface area contributed by atoms with E-state index in [1.165, 1.54) is 11.3 Å². The van der Waals surface area contributed by atoms with Crippen LogP contribution in [0, 0.1) is 31.6 Å². The van der Waals surface area contributed by atoms with E-state index in [0.717, 1.165) is 30.5 Å². The maximum absolute atomic E-state index is 13.4. The van der Waals surface area contributed by atoms with Crippen LogP contribution < -0.4 is 0 Å². The van der Waals surface area contributed by atoms with Crippen molar-refractivity contribution in [3.63, 3.8) is 0 Å². The highest BCUT2D eigenvalue weighted by molar-refractivity contribution is 8.00. The van der Waals surface area contributed by atoms with Gasteiger partial charge in [-0.1, -0.05) is 29.2 Å². The van der Waals surface area contributed by atoms with Crippen molar-refractivity contribution >= 4 is 45.3 Å². The average molecular weight is 459 g/mol. The summed E-state index contributed by atoms with van der Waals surface area (Å²) >= 11 is 8.47. The summed E-state index contributed by atoms with van der Waals surface area (Å²) in [6.07, 6.45) is 1.98. The van der Waals surface area contributed by atoms with Crippen molar-refractivity contribution in [1.29, 1.82) is 0 Å². The Bertz CT molecular complexity index is 1010. The lowest BCUT2D eigenvalue weighted by Crippen LogP contribution is -2.49. The van der Waals surface area contributed by atoms with E-state index >= 15 is 0 Å². The zero-order valence-corrected chi connectivity index (χ0v) is 20.1. The van der Waals surface area contributed by atoms with Crippen LogP contribution in [0.5, 0.6) is 0 Å². The molecule has 1 aromatic carbocycles. The monoisotopic (exact) mass is 458 g/mol. The minimum atomic E-state index is -3.51. The van der Waals surface area contributed by atoms with Gasteiger partial charge in [0, 0.05) is 26.2 Å². The number of rotatable bonds is 5. The molecule has 2 heterocycles. The molecule has 0 bridgehead atoms. The quantitative estimate of drug-likeness (QED) is 0.504. The molecule has 1 aromatic heterocycles. The first-order valence-electron chi connectivity index (χ1n) is 9.07. The minimum absolute atomic E-state index is 0.473. The van der Waals surface area contributed by atoms with E-state index in [1.54, 1.807) is 16.1 Å². The summed E-state index contributed by atoms with van der Waals surface area (Å²) in [6.45, 7) is 10.6. The van der Waals surface area contributed by atoms with Gasteiger partial charge in [-0.3, -0.25) is 4.90 Å². The molecule has 1 saturated heterocycles. The van der Waals surface area contributed by atoms with Crippen LogP contribution in [-0.4, -0.2) is 59.8 Å². The Balaban J connectivity index is 1.76. The van der Waals surface area contributed by atoms with E-state index < -0.39 is 10.0 Å². The van der Waals surface area contributed by atoms with E-state index in [9.17, 15) is 8.42 Å². The van der Waals surface area contributed by atoms with Gasteiger partial charge in [-0.15, -0.1) is 0 Å². The van der Waals surface area contributed by atoms with Crippen LogP contribution in [0.1, 0.15) is 22.3 Å². The number of benzene rings is 1. The van der Waals surface area contributed by atoms with E-state index in [4.69, 9.17) is 12.2 Å². The molecule has 0 N–H and O–H groups in total. The first kappa shape index (κ1) is 21.9. The van der Waals surface area contributed by atoms with Gasteiger partial charge in [-0.2, -0.15) is 9.40 Å². The van der Waals surface area contributed by atoms with Crippen molar-refractivity contribution < 1.29 is 8.42 Å². The minimum Gasteiger partial charge on any atom is -0.282 e. The first-order valence-corrected chi connectivity index (χ1v) is 13.0. The maximum Gasteiger partial charge on any atom is 0.243 e. The van der Waals surface area contributed by atoms with E-state index in [2.05, 4.69) is 16.1 Å². The average Bonchev–Trinajstić information content (AvgIpc) is 3.00. The topological polar surface area (TPSA) is 58.4 Å². The third-order valence-corrected chi connectivity index (χ3v) is 9.78. The number of hydrogen-bond acceptors (Lipinski definition) is 7. The maximum atomic E-state index is 13.4. The van der Waals surface area contributed by atoms with Gasteiger partial charge < -0.3 is 0 Å². The fourth-order valence-corrected chi connectivity index (χ4v) is 7.19. The smallest absolute Gasteiger partial charge is 0.243 e. The molecule has 0 unspecified atom stereocenters. The molecule has 10 heteroatoms. The summed E-state index contributed by atoms with van der Waals surface area (Å²) in [5, 5.41) is 4.50. The lowest BCUT2D eigenvalue weighted by Gasteiger charge is -2.34. The molecule has 0 radical (unpaired) electrons. The molecular weight excluding hydrogens is 432 g/mol. The summed E-state index contributed by atoms with van der Waals surface area (Å²) in [6, 6.07) is 2.06. The third-order valence-electron chi connectivity index (χ3n) is 5.32. The van der Waals surface area contributed by atoms with E-state index in [1.807, 2.05) is 38.6 Å². The van der Waals surface area contributed by atoms with Crippen molar-refractivity contribution in [1.82, 2.24) is 19.0 Å². The molecule has 0 saturated carbocycles. The predicted octanol–water partition coefficient (Wildman–Crippen LogP) is 3.59. The second-order valence-corrected chi connectivity index (χ2v) is 11.6. The molecule has 1 aliphatic heterocycles. The SMILES string of the molecule is CSc1nn(CN2CCN(S(=O)(=O)c3c(C)c(C)cc(C)c3C)CC2)c(=S)s1. The molecule has 2 aromatic rings. The Hall–Kier alpha value is -0.780. The summed E-state index contributed by atoms with van der Waals surface area (Å²) in [7, 11) is -3.51. The third kappa shape index (κ3) is 4.22. The Morgan fingerprint density at radius 3 is 2.18 bits per heavy atom. The van der Waals surface area contributed by atoms with Gasteiger partial charge in [0.05, 0.1) is 11.6 Å². The second-order valence-electron chi connectivity index (χ2n) is 7.09. The summed E-state index contributed by atoms with van der Waals surface area (Å²) in [4.78, 5) is 2.68. The number of aromatic nitrogens is 2. The van der Waals surface area contributed by atoms with Gasteiger partial charge in [0.25, 0.3) is 0 Å². The molecule has 28 heavy (non-hydrogen) atoms. The molecule has 1 aliphatic rings. The highest BCUT2D eigenvalue weighted by Gasteiger charge is 2.31. The van der Waals surface area contributed by atoms with E-state index in [-0.39, 0.29) is 0 Å². The molecule has 0 atom stereocenters. The number of sulfonamides is 1. The van der Waals surface area contributed by atoms with Gasteiger partial charge in [0.15, 0.2) is 8.29 Å². The second kappa shape index (κ2) is 8.53. The number of hydrogen-bond donors (Lipinski definition) is 0. The molecule has 3 rings (SSSR count). The van der Waals surface area contributed by atoms with Crippen molar-refractivity contribution in [2.75, 3.05) is 32.4 Å². The van der Waals surface area contributed by atoms with Gasteiger partial charge in [0.1, 0.15) is 0 Å². The molecule has 0 amide bonds. The number of aryl methyl sites for hydroxylation is 2. The van der Waals surface area contributed by atoms with Crippen molar-refractivity contribution in [3.8, 4) is 0 Å². The fraction of sp³-hybridized carbons (Fsp3) is 0.556. The van der Waals surface area contributed by atoms with Crippen LogP contribution in [0.25, 0.3) is 0 Å². The van der Waals surface area contributed by atoms with Gasteiger partial charge in [0.2, 0.25) is 10.0 Å². The largest absolute Gasteiger partial charge is 0.282 e. The lowest BCUT2D eigenvalue weighted by atomic mass is 10.0. The van der Waals surface area contributed by atoms with Crippen molar-refractivity contribution in [2.45, 2.75) is 43.6 Å². The Kier molecular flexibility index (Phi) is 6.68. The van der Waals surface area contributed by atoms with Crippen LogP contribution in [0.2, 0.25) is 0 Å². The lowest BCUT2D eigenvalue weighted by molar-refractivity contribution is 0.144. The first-order chi connectivity index (χ1) is 13.1. The van der Waals surface area contributed by atoms with Crippen LogP contribution >= 0.6 is 35.3 Å². The number of thioether (sulfide) groups is 1. The van der Waals surface area contributed by atoms with Gasteiger partial charge in [-0.05, 0) is 68.4 Å². The Morgan fingerprint density at radius 2 is 1.68 bits per heavy atom.